The van der Waals surface area contributed by atoms with Crippen LogP contribution in [0.3, 0.4) is 0 Å². The second kappa shape index (κ2) is 10.3. The first-order valence-corrected chi connectivity index (χ1v) is 12.2. The molecule has 0 heterocycles. The van der Waals surface area contributed by atoms with Crippen molar-refractivity contribution in [2.75, 3.05) is 16.2 Å². The van der Waals surface area contributed by atoms with Crippen LogP contribution >= 0.6 is 11.8 Å². The maximum absolute atomic E-state index is 12.5. The van der Waals surface area contributed by atoms with Crippen molar-refractivity contribution >= 4 is 33.4 Å². The lowest BCUT2D eigenvalue weighted by atomic mass is 10.2. The molecule has 3 rings (SSSR count). The number of benzene rings is 3. The first-order chi connectivity index (χ1) is 14.4. The number of thioether (sulfide) groups is 1. The van der Waals surface area contributed by atoms with Crippen LogP contribution in [-0.2, 0) is 22.9 Å². The topological polar surface area (TPSA) is 83.5 Å². The van der Waals surface area contributed by atoms with E-state index in [0.717, 1.165) is 22.6 Å². The SMILES string of the molecule is O=C(O)c1cc(SCCc2ccccc2)ccc1NS(=O)(=O)CCc1ccccc1. The normalized spacial score (nSPS) is 11.2. The third kappa shape index (κ3) is 6.64. The van der Waals surface area contributed by atoms with Gasteiger partial charge in [-0.1, -0.05) is 60.7 Å². The summed E-state index contributed by atoms with van der Waals surface area (Å²) < 4.78 is 27.3. The van der Waals surface area contributed by atoms with Crippen LogP contribution in [0.1, 0.15) is 21.5 Å². The molecule has 0 aliphatic heterocycles. The molecule has 0 aliphatic carbocycles. The molecule has 0 unspecified atom stereocenters. The Morgan fingerprint density at radius 2 is 1.47 bits per heavy atom. The molecule has 0 aromatic heterocycles. The monoisotopic (exact) mass is 441 g/mol. The summed E-state index contributed by atoms with van der Waals surface area (Å²) in [5.74, 6) is -0.490. The number of carboxylic acids is 1. The quantitative estimate of drug-likeness (QED) is 0.446. The van der Waals surface area contributed by atoms with Crippen molar-refractivity contribution in [3.8, 4) is 0 Å². The maximum atomic E-state index is 12.5. The molecule has 0 radical (unpaired) electrons. The van der Waals surface area contributed by atoms with Crippen LogP contribution < -0.4 is 4.72 Å². The van der Waals surface area contributed by atoms with E-state index in [-0.39, 0.29) is 17.0 Å². The zero-order valence-corrected chi connectivity index (χ0v) is 18.0. The molecule has 3 aromatic carbocycles. The summed E-state index contributed by atoms with van der Waals surface area (Å²) in [5, 5.41) is 9.55. The van der Waals surface area contributed by atoms with Gasteiger partial charge in [-0.2, -0.15) is 0 Å². The fourth-order valence-corrected chi connectivity index (χ4v) is 4.98. The predicted octanol–water partition coefficient (Wildman–Crippen LogP) is 4.70. The molecule has 5 nitrogen and oxygen atoms in total. The standard InChI is InChI=1S/C23H23NO4S2/c25-23(26)21-17-20(29-15-13-18-7-3-1-4-8-18)11-12-22(21)24-30(27,28)16-14-19-9-5-2-6-10-19/h1-12,17,24H,13-16H2,(H,25,26). The highest BCUT2D eigenvalue weighted by molar-refractivity contribution is 7.99. The van der Waals surface area contributed by atoms with Crippen molar-refractivity contribution in [2.45, 2.75) is 17.7 Å². The van der Waals surface area contributed by atoms with Gasteiger partial charge in [-0.05, 0) is 42.2 Å². The molecule has 0 atom stereocenters. The number of carboxylic acid groups (broad SMARTS) is 1. The summed E-state index contributed by atoms with van der Waals surface area (Å²) in [6.07, 6.45) is 1.22. The van der Waals surface area contributed by atoms with Gasteiger partial charge in [-0.15, -0.1) is 11.8 Å². The fourth-order valence-electron chi connectivity index (χ4n) is 2.93. The molecule has 0 fully saturated rings. The minimum atomic E-state index is -3.67. The minimum Gasteiger partial charge on any atom is -0.478 e. The number of hydrogen-bond acceptors (Lipinski definition) is 4. The molecule has 0 aliphatic rings. The lowest BCUT2D eigenvalue weighted by Gasteiger charge is -2.12. The van der Waals surface area contributed by atoms with Crippen molar-refractivity contribution in [1.29, 1.82) is 0 Å². The van der Waals surface area contributed by atoms with Crippen LogP contribution in [0.4, 0.5) is 5.69 Å². The van der Waals surface area contributed by atoms with E-state index in [9.17, 15) is 18.3 Å². The van der Waals surface area contributed by atoms with Gasteiger partial charge in [0.1, 0.15) is 0 Å². The largest absolute Gasteiger partial charge is 0.478 e. The van der Waals surface area contributed by atoms with Gasteiger partial charge in [0.25, 0.3) is 0 Å². The number of rotatable bonds is 10. The molecule has 0 bridgehead atoms. The zero-order chi connectivity index (χ0) is 21.4. The average Bonchev–Trinajstić information content (AvgIpc) is 2.74. The van der Waals surface area contributed by atoms with E-state index in [4.69, 9.17) is 0 Å². The highest BCUT2D eigenvalue weighted by Gasteiger charge is 2.17. The first kappa shape index (κ1) is 21.9. The summed E-state index contributed by atoms with van der Waals surface area (Å²) in [5.41, 5.74) is 2.16. The Hall–Kier alpha value is -2.77. The molecular weight excluding hydrogens is 418 g/mol. The molecular formula is C23H23NO4S2. The average molecular weight is 442 g/mol. The van der Waals surface area contributed by atoms with E-state index in [1.54, 1.807) is 17.8 Å². The number of aryl methyl sites for hydroxylation is 2. The van der Waals surface area contributed by atoms with Crippen LogP contribution in [0.15, 0.2) is 83.8 Å². The molecule has 0 spiro atoms. The van der Waals surface area contributed by atoms with E-state index in [1.807, 2.05) is 48.5 Å². The fraction of sp³-hybridized carbons (Fsp3) is 0.174. The Morgan fingerprint density at radius 1 is 0.867 bits per heavy atom. The predicted molar refractivity (Wildman–Crippen MR) is 122 cm³/mol. The Morgan fingerprint density at radius 3 is 2.07 bits per heavy atom. The molecule has 0 amide bonds. The van der Waals surface area contributed by atoms with Gasteiger partial charge >= 0.3 is 5.97 Å². The number of hydrogen-bond donors (Lipinski definition) is 2. The van der Waals surface area contributed by atoms with Crippen LogP contribution in [0.25, 0.3) is 0 Å². The Bertz CT molecular complexity index is 1080. The minimum absolute atomic E-state index is 0.0528. The lowest BCUT2D eigenvalue weighted by molar-refractivity contribution is 0.0698. The smallest absolute Gasteiger partial charge is 0.337 e. The highest BCUT2D eigenvalue weighted by Crippen LogP contribution is 2.26. The van der Waals surface area contributed by atoms with E-state index < -0.39 is 16.0 Å². The number of anilines is 1. The number of nitrogens with one attached hydrogen (secondary N) is 1. The third-order valence-electron chi connectivity index (χ3n) is 4.49. The van der Waals surface area contributed by atoms with E-state index in [2.05, 4.69) is 16.9 Å². The molecule has 0 saturated carbocycles. The van der Waals surface area contributed by atoms with Crippen molar-refractivity contribution in [1.82, 2.24) is 0 Å². The van der Waals surface area contributed by atoms with Crippen LogP contribution in [0, 0.1) is 0 Å². The summed E-state index contributed by atoms with van der Waals surface area (Å²) in [6.45, 7) is 0. The summed E-state index contributed by atoms with van der Waals surface area (Å²) in [4.78, 5) is 12.5. The van der Waals surface area contributed by atoms with E-state index in [0.29, 0.717) is 6.42 Å². The lowest BCUT2D eigenvalue weighted by Crippen LogP contribution is -2.20. The van der Waals surface area contributed by atoms with E-state index >= 15 is 0 Å². The van der Waals surface area contributed by atoms with Gasteiger partial charge in [-0.25, -0.2) is 13.2 Å². The second-order valence-electron chi connectivity index (χ2n) is 6.75. The van der Waals surface area contributed by atoms with Gasteiger partial charge < -0.3 is 5.11 Å². The third-order valence-corrected chi connectivity index (χ3v) is 6.76. The van der Waals surface area contributed by atoms with Crippen LogP contribution in [0.5, 0.6) is 0 Å². The van der Waals surface area contributed by atoms with Gasteiger partial charge in [0.15, 0.2) is 0 Å². The first-order valence-electron chi connectivity index (χ1n) is 9.51. The van der Waals surface area contributed by atoms with Crippen molar-refractivity contribution in [2.24, 2.45) is 0 Å². The van der Waals surface area contributed by atoms with Crippen molar-refractivity contribution in [3.05, 3.63) is 95.6 Å². The van der Waals surface area contributed by atoms with Crippen molar-refractivity contribution < 1.29 is 18.3 Å². The Labute approximate surface area is 181 Å². The van der Waals surface area contributed by atoms with Gasteiger partial charge in [-0.3, -0.25) is 4.72 Å². The maximum Gasteiger partial charge on any atom is 0.337 e. The summed E-state index contributed by atoms with van der Waals surface area (Å²) in [7, 11) is -3.67. The molecule has 156 valence electrons. The number of aromatic carboxylic acids is 1. The molecule has 3 aromatic rings. The second-order valence-corrected chi connectivity index (χ2v) is 9.76. The molecule has 0 saturated heterocycles. The van der Waals surface area contributed by atoms with Gasteiger partial charge in [0.05, 0.1) is 17.0 Å². The van der Waals surface area contributed by atoms with E-state index in [1.165, 1.54) is 17.7 Å². The van der Waals surface area contributed by atoms with Crippen LogP contribution in [0.2, 0.25) is 0 Å². The zero-order valence-electron chi connectivity index (χ0n) is 16.3. The highest BCUT2D eigenvalue weighted by atomic mass is 32.2. The van der Waals surface area contributed by atoms with Crippen LogP contribution in [-0.4, -0.2) is 31.0 Å². The Kier molecular flexibility index (Phi) is 7.54. The van der Waals surface area contributed by atoms with Gasteiger partial charge in [0.2, 0.25) is 10.0 Å². The molecule has 7 heteroatoms. The Balaban J connectivity index is 1.64. The van der Waals surface area contributed by atoms with Crippen molar-refractivity contribution in [3.63, 3.8) is 0 Å². The molecule has 30 heavy (non-hydrogen) atoms. The number of sulfonamides is 1. The summed E-state index contributed by atoms with van der Waals surface area (Å²) >= 11 is 1.54. The molecule has 2 N–H and O–H groups in total. The van der Waals surface area contributed by atoms with Gasteiger partial charge in [0, 0.05) is 10.6 Å². The number of carbonyl (C=O) groups is 1. The summed E-state index contributed by atoms with van der Waals surface area (Å²) in [6, 6.07) is 24.1.